The van der Waals surface area contributed by atoms with E-state index in [0.717, 1.165) is 5.69 Å². The SMILES string of the molecule is CON(C)c1ccc(C(N)=O)cc1. The zero-order chi connectivity index (χ0) is 9.84. The van der Waals surface area contributed by atoms with E-state index in [-0.39, 0.29) is 0 Å². The molecule has 0 spiro atoms. The molecule has 0 bridgehead atoms. The van der Waals surface area contributed by atoms with Crippen LogP contribution in [0.3, 0.4) is 0 Å². The third-order valence-electron chi connectivity index (χ3n) is 1.79. The van der Waals surface area contributed by atoms with Crippen molar-refractivity contribution < 1.29 is 9.63 Å². The van der Waals surface area contributed by atoms with Gasteiger partial charge in [-0.2, -0.15) is 0 Å². The number of anilines is 1. The van der Waals surface area contributed by atoms with E-state index in [1.165, 1.54) is 0 Å². The van der Waals surface area contributed by atoms with Crippen molar-refractivity contribution in [3.63, 3.8) is 0 Å². The quantitative estimate of drug-likeness (QED) is 0.699. The molecule has 0 radical (unpaired) electrons. The Morgan fingerprint density at radius 2 is 1.92 bits per heavy atom. The molecule has 4 heteroatoms. The Morgan fingerprint density at radius 1 is 1.38 bits per heavy atom. The van der Waals surface area contributed by atoms with Crippen LogP contribution in [0.5, 0.6) is 0 Å². The van der Waals surface area contributed by atoms with E-state index in [9.17, 15) is 4.79 Å². The van der Waals surface area contributed by atoms with E-state index in [1.54, 1.807) is 43.5 Å². The zero-order valence-electron chi connectivity index (χ0n) is 7.65. The van der Waals surface area contributed by atoms with Crippen LogP contribution in [-0.4, -0.2) is 20.1 Å². The van der Waals surface area contributed by atoms with Crippen LogP contribution in [0.4, 0.5) is 5.69 Å². The van der Waals surface area contributed by atoms with Crippen molar-refractivity contribution in [2.75, 3.05) is 19.2 Å². The number of primary amides is 1. The van der Waals surface area contributed by atoms with Crippen LogP contribution in [0, 0.1) is 0 Å². The monoisotopic (exact) mass is 180 g/mol. The maximum atomic E-state index is 10.7. The predicted octanol–water partition coefficient (Wildman–Crippen LogP) is 0.783. The molecule has 13 heavy (non-hydrogen) atoms. The summed E-state index contributed by atoms with van der Waals surface area (Å²) in [5.74, 6) is -0.424. The molecule has 4 nitrogen and oxygen atoms in total. The van der Waals surface area contributed by atoms with Crippen molar-refractivity contribution in [2.24, 2.45) is 5.73 Å². The van der Waals surface area contributed by atoms with Gasteiger partial charge in [0, 0.05) is 12.6 Å². The van der Waals surface area contributed by atoms with Crippen LogP contribution in [0.15, 0.2) is 24.3 Å². The fourth-order valence-corrected chi connectivity index (χ4v) is 0.941. The summed E-state index contributed by atoms with van der Waals surface area (Å²) in [7, 11) is 3.35. The second-order valence-electron chi connectivity index (χ2n) is 2.59. The van der Waals surface area contributed by atoms with Gasteiger partial charge in [-0.25, -0.2) is 0 Å². The van der Waals surface area contributed by atoms with E-state index in [2.05, 4.69) is 0 Å². The molecule has 1 aromatic carbocycles. The highest BCUT2D eigenvalue weighted by molar-refractivity contribution is 5.93. The summed E-state index contributed by atoms with van der Waals surface area (Å²) in [4.78, 5) is 15.7. The Morgan fingerprint density at radius 3 is 2.31 bits per heavy atom. The molecule has 2 N–H and O–H groups in total. The number of rotatable bonds is 3. The molecule has 0 saturated heterocycles. The minimum absolute atomic E-state index is 0.424. The normalized spacial score (nSPS) is 9.69. The molecule has 0 heterocycles. The smallest absolute Gasteiger partial charge is 0.248 e. The van der Waals surface area contributed by atoms with Crippen molar-refractivity contribution in [3.05, 3.63) is 29.8 Å². The van der Waals surface area contributed by atoms with Gasteiger partial charge in [-0.05, 0) is 24.3 Å². The third kappa shape index (κ3) is 2.19. The minimum atomic E-state index is -0.424. The second kappa shape index (κ2) is 3.91. The van der Waals surface area contributed by atoms with Crippen LogP contribution in [-0.2, 0) is 4.84 Å². The lowest BCUT2D eigenvalue weighted by atomic mass is 10.2. The van der Waals surface area contributed by atoms with Gasteiger partial charge in [0.05, 0.1) is 12.8 Å². The Balaban J connectivity index is 2.87. The van der Waals surface area contributed by atoms with E-state index < -0.39 is 5.91 Å². The van der Waals surface area contributed by atoms with Crippen LogP contribution in [0.1, 0.15) is 10.4 Å². The van der Waals surface area contributed by atoms with Gasteiger partial charge < -0.3 is 5.73 Å². The van der Waals surface area contributed by atoms with Gasteiger partial charge in [0.25, 0.3) is 0 Å². The van der Waals surface area contributed by atoms with Crippen LogP contribution >= 0.6 is 0 Å². The summed E-state index contributed by atoms with van der Waals surface area (Å²) < 4.78 is 0. The molecular formula is C9H12N2O2. The van der Waals surface area contributed by atoms with Gasteiger partial charge in [0.15, 0.2) is 0 Å². The summed E-state index contributed by atoms with van der Waals surface area (Å²) in [6.45, 7) is 0. The Kier molecular flexibility index (Phi) is 2.87. The molecular weight excluding hydrogens is 168 g/mol. The molecule has 1 aromatic rings. The number of hydrogen-bond acceptors (Lipinski definition) is 3. The van der Waals surface area contributed by atoms with Crippen molar-refractivity contribution in [1.82, 2.24) is 0 Å². The van der Waals surface area contributed by atoms with Crippen LogP contribution in [0.25, 0.3) is 0 Å². The van der Waals surface area contributed by atoms with Gasteiger partial charge in [0.2, 0.25) is 5.91 Å². The molecule has 1 amide bonds. The van der Waals surface area contributed by atoms with Gasteiger partial charge in [-0.15, -0.1) is 0 Å². The molecule has 0 unspecified atom stereocenters. The highest BCUT2D eigenvalue weighted by Gasteiger charge is 2.01. The summed E-state index contributed by atoms with van der Waals surface area (Å²) >= 11 is 0. The number of hydroxylamine groups is 1. The molecule has 0 saturated carbocycles. The first-order valence-corrected chi connectivity index (χ1v) is 3.83. The lowest BCUT2D eigenvalue weighted by Gasteiger charge is -2.15. The first-order chi connectivity index (χ1) is 6.15. The molecule has 0 aromatic heterocycles. The fraction of sp³-hybridized carbons (Fsp3) is 0.222. The standard InChI is InChI=1S/C9H12N2O2/c1-11(13-2)8-5-3-7(4-6-8)9(10)12/h3-6H,1-2H3,(H2,10,12). The van der Waals surface area contributed by atoms with Crippen molar-refractivity contribution >= 4 is 11.6 Å². The van der Waals surface area contributed by atoms with E-state index in [0.29, 0.717) is 5.56 Å². The van der Waals surface area contributed by atoms with Crippen molar-refractivity contribution in [3.8, 4) is 0 Å². The number of carbonyl (C=O) groups excluding carboxylic acids is 1. The summed E-state index contributed by atoms with van der Waals surface area (Å²) in [5.41, 5.74) is 6.45. The fourth-order valence-electron chi connectivity index (χ4n) is 0.941. The highest BCUT2D eigenvalue weighted by Crippen LogP contribution is 2.12. The average Bonchev–Trinajstić information content (AvgIpc) is 2.17. The molecule has 0 atom stereocenters. The Labute approximate surface area is 76.9 Å². The van der Waals surface area contributed by atoms with Crippen molar-refractivity contribution in [1.29, 1.82) is 0 Å². The lowest BCUT2D eigenvalue weighted by Crippen LogP contribution is -2.15. The number of benzene rings is 1. The van der Waals surface area contributed by atoms with Gasteiger partial charge in [-0.3, -0.25) is 14.7 Å². The first-order valence-electron chi connectivity index (χ1n) is 3.83. The van der Waals surface area contributed by atoms with Crippen LogP contribution in [0.2, 0.25) is 0 Å². The summed E-state index contributed by atoms with van der Waals surface area (Å²) in [6, 6.07) is 6.85. The maximum Gasteiger partial charge on any atom is 0.248 e. The lowest BCUT2D eigenvalue weighted by molar-refractivity contribution is 0.1000. The molecule has 1 rings (SSSR count). The topological polar surface area (TPSA) is 55.6 Å². The third-order valence-corrected chi connectivity index (χ3v) is 1.79. The van der Waals surface area contributed by atoms with Gasteiger partial charge in [-0.1, -0.05) is 0 Å². The summed E-state index contributed by atoms with van der Waals surface area (Å²) in [5, 5.41) is 1.59. The first kappa shape index (κ1) is 9.54. The van der Waals surface area contributed by atoms with E-state index in [4.69, 9.17) is 10.6 Å². The second-order valence-corrected chi connectivity index (χ2v) is 2.59. The maximum absolute atomic E-state index is 10.7. The number of nitrogens with zero attached hydrogens (tertiary/aromatic N) is 1. The van der Waals surface area contributed by atoms with Gasteiger partial charge >= 0.3 is 0 Å². The number of amides is 1. The zero-order valence-corrected chi connectivity index (χ0v) is 7.65. The molecule has 0 aliphatic carbocycles. The molecule has 0 aliphatic rings. The van der Waals surface area contributed by atoms with Gasteiger partial charge in [0.1, 0.15) is 0 Å². The Bertz CT molecular complexity index is 295. The van der Waals surface area contributed by atoms with Crippen molar-refractivity contribution in [2.45, 2.75) is 0 Å². The van der Waals surface area contributed by atoms with E-state index >= 15 is 0 Å². The Hall–Kier alpha value is -1.55. The summed E-state index contributed by atoms with van der Waals surface area (Å²) in [6.07, 6.45) is 0. The largest absolute Gasteiger partial charge is 0.366 e. The predicted molar refractivity (Wildman–Crippen MR) is 50.4 cm³/mol. The highest BCUT2D eigenvalue weighted by atomic mass is 16.7. The number of nitrogens with two attached hydrogens (primary N) is 1. The molecule has 0 aliphatic heterocycles. The van der Waals surface area contributed by atoms with Crippen LogP contribution < -0.4 is 10.8 Å². The minimum Gasteiger partial charge on any atom is -0.366 e. The molecule has 70 valence electrons. The average molecular weight is 180 g/mol. The number of carbonyl (C=O) groups is 1. The van der Waals surface area contributed by atoms with E-state index in [1.807, 2.05) is 0 Å². The molecule has 0 fully saturated rings. The number of hydrogen-bond donors (Lipinski definition) is 1.